The van der Waals surface area contributed by atoms with Crippen LogP contribution < -0.4 is 5.32 Å². The van der Waals surface area contributed by atoms with Gasteiger partial charge in [-0.15, -0.1) is 22.7 Å². The third-order valence-electron chi connectivity index (χ3n) is 3.51. The molecule has 0 radical (unpaired) electrons. The van der Waals surface area contributed by atoms with Crippen LogP contribution in [0.1, 0.15) is 20.4 Å². The van der Waals surface area contributed by atoms with Crippen molar-refractivity contribution >= 4 is 50.1 Å². The van der Waals surface area contributed by atoms with E-state index in [4.69, 9.17) is 0 Å². The highest BCUT2D eigenvalue weighted by molar-refractivity contribution is 7.18. The van der Waals surface area contributed by atoms with E-state index in [0.29, 0.717) is 11.4 Å². The lowest BCUT2D eigenvalue weighted by molar-refractivity contribution is 0.0954. The van der Waals surface area contributed by atoms with Crippen LogP contribution in [0.3, 0.4) is 0 Å². The Balaban J connectivity index is 1.50. The number of para-hydroxylation sites is 1. The Hall–Kier alpha value is -2.09. The van der Waals surface area contributed by atoms with Gasteiger partial charge in [0.2, 0.25) is 0 Å². The van der Waals surface area contributed by atoms with Gasteiger partial charge in [0, 0.05) is 10.9 Å². The number of benzene rings is 1. The van der Waals surface area contributed by atoms with Crippen LogP contribution in [-0.2, 0) is 6.54 Å². The summed E-state index contributed by atoms with van der Waals surface area (Å²) >= 11 is 4.66. The van der Waals surface area contributed by atoms with Crippen molar-refractivity contribution in [1.29, 1.82) is 0 Å². The number of hydrogen-bond donors (Lipinski definition) is 1. The molecule has 0 aliphatic carbocycles. The molecule has 4 aromatic rings. The number of amides is 1. The summed E-state index contributed by atoms with van der Waals surface area (Å²) in [6.07, 6.45) is 0. The number of nitrogens with one attached hydrogen (secondary N) is 1. The highest BCUT2D eigenvalue weighted by Gasteiger charge is 2.16. The molecule has 0 unspecified atom stereocenters. The van der Waals surface area contributed by atoms with Gasteiger partial charge in [0.25, 0.3) is 5.91 Å². The summed E-state index contributed by atoms with van der Waals surface area (Å²) in [7, 11) is 0. The summed E-state index contributed by atoms with van der Waals surface area (Å²) in [5.41, 5.74) is 2.81. The first kappa shape index (κ1) is 15.4. The molecule has 1 aromatic carbocycles. The van der Waals surface area contributed by atoms with E-state index in [2.05, 4.69) is 15.3 Å². The SMILES string of the molecule is Cc1nc(-c2ccsc2)sc1C(=O)NCc1nc2ccccc2s1. The number of aromatic nitrogens is 2. The Morgan fingerprint density at radius 1 is 1.17 bits per heavy atom. The zero-order valence-corrected chi connectivity index (χ0v) is 15.2. The Kier molecular flexibility index (Phi) is 4.13. The third-order valence-corrected chi connectivity index (χ3v) is 6.43. The largest absolute Gasteiger partial charge is 0.345 e. The molecule has 0 aliphatic rings. The fourth-order valence-corrected chi connectivity index (χ4v) is 4.95. The van der Waals surface area contributed by atoms with E-state index < -0.39 is 0 Å². The van der Waals surface area contributed by atoms with Crippen LogP contribution in [0.2, 0.25) is 0 Å². The second-order valence-electron chi connectivity index (χ2n) is 5.20. The molecule has 0 bridgehead atoms. The van der Waals surface area contributed by atoms with Crippen molar-refractivity contribution in [3.63, 3.8) is 0 Å². The zero-order valence-electron chi connectivity index (χ0n) is 12.8. The lowest BCUT2D eigenvalue weighted by Crippen LogP contribution is -2.22. The number of fused-ring (bicyclic) bond motifs is 1. The molecule has 24 heavy (non-hydrogen) atoms. The molecule has 3 heterocycles. The molecule has 0 aliphatic heterocycles. The number of carbonyl (C=O) groups excluding carboxylic acids is 1. The molecular formula is C17H13N3OS3. The van der Waals surface area contributed by atoms with Gasteiger partial charge in [-0.1, -0.05) is 12.1 Å². The van der Waals surface area contributed by atoms with Gasteiger partial charge in [0.15, 0.2) is 0 Å². The van der Waals surface area contributed by atoms with Crippen molar-refractivity contribution in [1.82, 2.24) is 15.3 Å². The molecule has 0 atom stereocenters. The number of aryl methyl sites for hydroxylation is 1. The maximum Gasteiger partial charge on any atom is 0.263 e. The predicted molar refractivity (Wildman–Crippen MR) is 101 cm³/mol. The van der Waals surface area contributed by atoms with Crippen LogP contribution in [0.15, 0.2) is 41.1 Å². The Bertz CT molecular complexity index is 968. The maximum absolute atomic E-state index is 12.5. The number of carbonyl (C=O) groups is 1. The van der Waals surface area contributed by atoms with E-state index in [-0.39, 0.29) is 5.91 Å². The lowest BCUT2D eigenvalue weighted by atomic mass is 10.3. The van der Waals surface area contributed by atoms with Crippen LogP contribution in [0.5, 0.6) is 0 Å². The van der Waals surface area contributed by atoms with Gasteiger partial charge >= 0.3 is 0 Å². The number of rotatable bonds is 4. The molecule has 7 heteroatoms. The summed E-state index contributed by atoms with van der Waals surface area (Å²) in [6.45, 7) is 2.31. The summed E-state index contributed by atoms with van der Waals surface area (Å²) in [5, 5.41) is 8.81. The third kappa shape index (κ3) is 2.98. The van der Waals surface area contributed by atoms with E-state index in [9.17, 15) is 4.79 Å². The van der Waals surface area contributed by atoms with Crippen LogP contribution in [0.25, 0.3) is 20.8 Å². The van der Waals surface area contributed by atoms with Gasteiger partial charge in [-0.2, -0.15) is 11.3 Å². The molecule has 120 valence electrons. The van der Waals surface area contributed by atoms with Crippen LogP contribution in [0.4, 0.5) is 0 Å². The molecule has 0 fully saturated rings. The highest BCUT2D eigenvalue weighted by atomic mass is 32.1. The number of hydrogen-bond acceptors (Lipinski definition) is 6. The molecule has 0 spiro atoms. The number of nitrogens with zero attached hydrogens (tertiary/aromatic N) is 2. The van der Waals surface area contributed by atoms with E-state index in [1.165, 1.54) is 11.3 Å². The van der Waals surface area contributed by atoms with Gasteiger partial charge in [-0.3, -0.25) is 4.79 Å². The van der Waals surface area contributed by atoms with Crippen molar-refractivity contribution in [2.45, 2.75) is 13.5 Å². The second-order valence-corrected chi connectivity index (χ2v) is 8.10. The Labute approximate surface area is 150 Å². The monoisotopic (exact) mass is 371 g/mol. The molecule has 1 N–H and O–H groups in total. The summed E-state index contributed by atoms with van der Waals surface area (Å²) in [5.74, 6) is -0.0919. The average molecular weight is 372 g/mol. The summed E-state index contributed by atoms with van der Waals surface area (Å²) in [6, 6.07) is 10.0. The first-order valence-electron chi connectivity index (χ1n) is 7.33. The first-order valence-corrected chi connectivity index (χ1v) is 9.91. The topological polar surface area (TPSA) is 54.9 Å². The lowest BCUT2D eigenvalue weighted by Gasteiger charge is -2.00. The number of thiophene rings is 1. The van der Waals surface area contributed by atoms with E-state index in [1.807, 2.05) is 48.0 Å². The molecule has 0 saturated heterocycles. The van der Waals surface area contributed by atoms with Crippen LogP contribution in [0, 0.1) is 6.92 Å². The van der Waals surface area contributed by atoms with Crippen molar-refractivity contribution in [3.05, 3.63) is 56.7 Å². The van der Waals surface area contributed by atoms with Crippen LogP contribution in [-0.4, -0.2) is 15.9 Å². The molecule has 4 nitrogen and oxygen atoms in total. The van der Waals surface area contributed by atoms with Crippen LogP contribution >= 0.6 is 34.0 Å². The molecular weight excluding hydrogens is 358 g/mol. The van der Waals surface area contributed by atoms with Gasteiger partial charge in [0.05, 0.1) is 22.5 Å². The fourth-order valence-electron chi connectivity index (χ4n) is 2.35. The van der Waals surface area contributed by atoms with Crippen molar-refractivity contribution < 1.29 is 4.79 Å². The van der Waals surface area contributed by atoms with Crippen molar-refractivity contribution in [2.24, 2.45) is 0 Å². The fraction of sp³-hybridized carbons (Fsp3) is 0.118. The molecule has 3 aromatic heterocycles. The highest BCUT2D eigenvalue weighted by Crippen LogP contribution is 2.29. The molecule has 1 amide bonds. The number of thiazole rings is 2. The normalized spacial score (nSPS) is 11.0. The van der Waals surface area contributed by atoms with Gasteiger partial charge in [-0.05, 0) is 30.5 Å². The van der Waals surface area contributed by atoms with Gasteiger partial charge in [0.1, 0.15) is 14.9 Å². The second kappa shape index (κ2) is 6.43. The Morgan fingerprint density at radius 2 is 2.04 bits per heavy atom. The van der Waals surface area contributed by atoms with Crippen molar-refractivity contribution in [2.75, 3.05) is 0 Å². The van der Waals surface area contributed by atoms with Gasteiger partial charge < -0.3 is 5.32 Å². The Morgan fingerprint density at radius 3 is 2.83 bits per heavy atom. The summed E-state index contributed by atoms with van der Waals surface area (Å²) in [4.78, 5) is 22.2. The smallest absolute Gasteiger partial charge is 0.263 e. The zero-order chi connectivity index (χ0) is 16.5. The minimum atomic E-state index is -0.0919. The predicted octanol–water partition coefficient (Wildman–Crippen LogP) is 4.72. The van der Waals surface area contributed by atoms with Gasteiger partial charge in [-0.25, -0.2) is 9.97 Å². The molecule has 0 saturated carbocycles. The minimum absolute atomic E-state index is 0.0919. The standard InChI is InChI=1S/C17H13N3OS3/c1-10-15(24-17(19-10)11-6-7-22-9-11)16(21)18-8-14-20-12-4-2-3-5-13(12)23-14/h2-7,9H,8H2,1H3,(H,18,21). The average Bonchev–Trinajstić information content (AvgIpc) is 3.31. The van der Waals surface area contributed by atoms with E-state index >= 15 is 0 Å². The minimum Gasteiger partial charge on any atom is -0.345 e. The first-order chi connectivity index (χ1) is 11.7. The van der Waals surface area contributed by atoms with E-state index in [1.54, 1.807) is 22.7 Å². The maximum atomic E-state index is 12.5. The van der Waals surface area contributed by atoms with Crippen molar-refractivity contribution in [3.8, 4) is 10.6 Å². The molecule has 4 rings (SSSR count). The quantitative estimate of drug-likeness (QED) is 0.565. The summed E-state index contributed by atoms with van der Waals surface area (Å²) < 4.78 is 1.13. The van der Waals surface area contributed by atoms with E-state index in [0.717, 1.165) is 31.5 Å².